The van der Waals surface area contributed by atoms with Crippen molar-refractivity contribution in [2.75, 3.05) is 27.8 Å². The van der Waals surface area contributed by atoms with Crippen LogP contribution in [0.4, 0.5) is 0 Å². The number of methoxy groups -OCH3 is 2. The first-order valence-corrected chi connectivity index (χ1v) is 8.74. The van der Waals surface area contributed by atoms with E-state index in [1.165, 1.54) is 38.0 Å². The molecule has 134 valence electrons. The molecular formula is C14H21N3O6S. The number of carbonyl (C=O) groups is 2. The van der Waals surface area contributed by atoms with Gasteiger partial charge in [0.2, 0.25) is 0 Å². The highest BCUT2D eigenvalue weighted by atomic mass is 32.2. The number of carbonyl (C=O) groups excluding carboxylic acids is 2. The maximum atomic E-state index is 12.6. The van der Waals surface area contributed by atoms with Crippen molar-refractivity contribution in [3.63, 3.8) is 0 Å². The highest BCUT2D eigenvalue weighted by Crippen LogP contribution is 2.20. The quantitative estimate of drug-likeness (QED) is 0.695. The summed E-state index contributed by atoms with van der Waals surface area (Å²) < 4.78 is 38.3. The Morgan fingerprint density at radius 2 is 1.88 bits per heavy atom. The summed E-state index contributed by atoms with van der Waals surface area (Å²) in [5.74, 6) is -1.02. The Bertz CT molecular complexity index is 742. The van der Waals surface area contributed by atoms with Crippen LogP contribution in [0.15, 0.2) is 17.2 Å². The Kier molecular flexibility index (Phi) is 5.31. The van der Waals surface area contributed by atoms with E-state index in [4.69, 9.17) is 4.74 Å². The number of esters is 2. The van der Waals surface area contributed by atoms with Crippen LogP contribution in [0.3, 0.4) is 0 Å². The maximum Gasteiger partial charge on any atom is 0.354 e. The molecule has 0 amide bonds. The Morgan fingerprint density at radius 3 is 2.46 bits per heavy atom. The van der Waals surface area contributed by atoms with Crippen LogP contribution in [-0.4, -0.2) is 69.7 Å². The van der Waals surface area contributed by atoms with Gasteiger partial charge in [0.25, 0.3) is 10.0 Å². The minimum Gasteiger partial charge on any atom is -0.468 e. The summed E-state index contributed by atoms with van der Waals surface area (Å²) in [6.45, 7) is 0.382. The van der Waals surface area contributed by atoms with Crippen LogP contribution < -0.4 is 4.72 Å². The van der Waals surface area contributed by atoms with Crippen molar-refractivity contribution in [2.24, 2.45) is 7.05 Å². The van der Waals surface area contributed by atoms with Crippen molar-refractivity contribution >= 4 is 22.0 Å². The average Bonchev–Trinajstić information content (AvgIpc) is 3.08. The van der Waals surface area contributed by atoms with E-state index < -0.39 is 34.0 Å². The molecule has 0 spiro atoms. The first kappa shape index (κ1) is 18.4. The zero-order chi connectivity index (χ0) is 18.1. The fraction of sp³-hybridized carbons (Fsp3) is 0.571. The number of hydrogen-bond acceptors (Lipinski definition) is 7. The Morgan fingerprint density at radius 1 is 1.21 bits per heavy atom. The number of aromatic nitrogens is 1. The van der Waals surface area contributed by atoms with Crippen molar-refractivity contribution in [3.8, 4) is 0 Å². The lowest BCUT2D eigenvalue weighted by Gasteiger charge is -2.15. The molecule has 0 saturated carbocycles. The highest BCUT2D eigenvalue weighted by Gasteiger charge is 2.37. The molecule has 1 aliphatic heterocycles. The van der Waals surface area contributed by atoms with E-state index in [2.05, 4.69) is 9.46 Å². The van der Waals surface area contributed by atoms with E-state index in [-0.39, 0.29) is 10.7 Å². The van der Waals surface area contributed by atoms with Crippen LogP contribution in [0.1, 0.15) is 16.9 Å². The summed E-state index contributed by atoms with van der Waals surface area (Å²) >= 11 is 0. The molecule has 1 N–H and O–H groups in total. The van der Waals surface area contributed by atoms with Crippen molar-refractivity contribution in [1.29, 1.82) is 0 Å². The van der Waals surface area contributed by atoms with Gasteiger partial charge in [0.1, 0.15) is 11.7 Å². The summed E-state index contributed by atoms with van der Waals surface area (Å²) in [4.78, 5) is 25.0. The monoisotopic (exact) mass is 359 g/mol. The topological polar surface area (TPSA) is 107 Å². The molecule has 1 aliphatic rings. The molecule has 0 unspecified atom stereocenters. The zero-order valence-electron chi connectivity index (χ0n) is 14.0. The SMILES string of the molecule is COC(=O)c1ccc(S(=O)(=O)N[C@H]2C[C@@H](C(=O)OC)N(C)C2)n1C. The lowest BCUT2D eigenvalue weighted by molar-refractivity contribution is -0.145. The minimum absolute atomic E-state index is 0.0490. The van der Waals surface area contributed by atoms with Gasteiger partial charge in [-0.2, -0.15) is 0 Å². The first-order chi connectivity index (χ1) is 11.2. The molecule has 1 saturated heterocycles. The smallest absolute Gasteiger partial charge is 0.354 e. The normalized spacial score (nSPS) is 21.7. The van der Waals surface area contributed by atoms with E-state index in [1.807, 2.05) is 0 Å². The number of likely N-dealkylation sites (tertiary alicyclic amines) is 1. The second-order valence-electron chi connectivity index (χ2n) is 5.64. The predicted octanol–water partition coefficient (Wildman–Crippen LogP) is -0.664. The van der Waals surface area contributed by atoms with E-state index in [1.54, 1.807) is 11.9 Å². The molecule has 1 fully saturated rings. The van der Waals surface area contributed by atoms with Gasteiger partial charge in [-0.1, -0.05) is 0 Å². The van der Waals surface area contributed by atoms with Gasteiger partial charge in [0.15, 0.2) is 5.03 Å². The molecule has 0 aromatic carbocycles. The standard InChI is InChI=1S/C14H21N3O6S/c1-16-8-9(7-11(16)14(19)23-4)15-24(20,21)12-6-5-10(17(12)2)13(18)22-3/h5-6,9,11,15H,7-8H2,1-4H3/t9-,11-/m0/s1. The number of nitrogens with zero attached hydrogens (tertiary/aromatic N) is 2. The lowest BCUT2D eigenvalue weighted by Crippen LogP contribution is -2.37. The van der Waals surface area contributed by atoms with Crippen molar-refractivity contribution in [1.82, 2.24) is 14.2 Å². The van der Waals surface area contributed by atoms with Gasteiger partial charge in [-0.25, -0.2) is 17.9 Å². The summed E-state index contributed by atoms with van der Waals surface area (Å²) in [6.07, 6.45) is 0.316. The molecule has 0 radical (unpaired) electrons. The fourth-order valence-electron chi connectivity index (χ4n) is 2.85. The molecule has 9 nitrogen and oxygen atoms in total. The number of rotatable bonds is 5. The third kappa shape index (κ3) is 3.45. The molecule has 2 rings (SSSR count). The number of ether oxygens (including phenoxy) is 2. The molecule has 0 aliphatic carbocycles. The van der Waals surface area contributed by atoms with E-state index >= 15 is 0 Å². The third-order valence-corrected chi connectivity index (χ3v) is 5.69. The second kappa shape index (κ2) is 6.91. The molecule has 2 atom stereocenters. The Balaban J connectivity index is 2.17. The number of nitrogens with one attached hydrogen (secondary N) is 1. The van der Waals surface area contributed by atoms with Gasteiger partial charge >= 0.3 is 11.9 Å². The zero-order valence-corrected chi connectivity index (χ0v) is 14.8. The predicted molar refractivity (Wildman–Crippen MR) is 83.9 cm³/mol. The average molecular weight is 359 g/mol. The van der Waals surface area contributed by atoms with Gasteiger partial charge in [-0.15, -0.1) is 0 Å². The summed E-state index contributed by atoms with van der Waals surface area (Å²) in [6, 6.07) is 1.81. The van der Waals surface area contributed by atoms with Crippen LogP contribution in [0.5, 0.6) is 0 Å². The number of likely N-dealkylation sites (N-methyl/N-ethyl adjacent to an activating group) is 1. The first-order valence-electron chi connectivity index (χ1n) is 7.25. The molecule has 24 heavy (non-hydrogen) atoms. The largest absolute Gasteiger partial charge is 0.468 e. The van der Waals surface area contributed by atoms with E-state index in [0.29, 0.717) is 13.0 Å². The Labute approximate surface area is 140 Å². The molecule has 1 aromatic heterocycles. The summed E-state index contributed by atoms with van der Waals surface area (Å²) in [7, 11) is 1.88. The van der Waals surface area contributed by atoms with Crippen molar-refractivity contribution in [2.45, 2.75) is 23.5 Å². The van der Waals surface area contributed by atoms with Gasteiger partial charge in [0.05, 0.1) is 14.2 Å². The van der Waals surface area contributed by atoms with Gasteiger partial charge in [0, 0.05) is 19.6 Å². The van der Waals surface area contributed by atoms with Crippen LogP contribution in [0.2, 0.25) is 0 Å². The molecule has 2 heterocycles. The third-order valence-electron chi connectivity index (χ3n) is 4.09. The molecule has 10 heteroatoms. The second-order valence-corrected chi connectivity index (χ2v) is 7.30. The van der Waals surface area contributed by atoms with E-state index in [0.717, 1.165) is 0 Å². The summed E-state index contributed by atoms with van der Waals surface area (Å²) in [5.41, 5.74) is 0.133. The molecule has 1 aromatic rings. The van der Waals surface area contributed by atoms with Gasteiger partial charge in [-0.3, -0.25) is 9.69 Å². The minimum atomic E-state index is -3.85. The highest BCUT2D eigenvalue weighted by molar-refractivity contribution is 7.89. The fourth-order valence-corrected chi connectivity index (χ4v) is 4.28. The molecular weight excluding hydrogens is 338 g/mol. The Hall–Kier alpha value is -1.91. The number of sulfonamides is 1. The van der Waals surface area contributed by atoms with E-state index in [9.17, 15) is 18.0 Å². The van der Waals surface area contributed by atoms with Crippen molar-refractivity contribution < 1.29 is 27.5 Å². The maximum absolute atomic E-state index is 12.6. The lowest BCUT2D eigenvalue weighted by atomic mass is 10.2. The van der Waals surface area contributed by atoms with Crippen LogP contribution >= 0.6 is 0 Å². The number of hydrogen-bond donors (Lipinski definition) is 1. The van der Waals surface area contributed by atoms with Crippen LogP contribution in [-0.2, 0) is 31.3 Å². The summed E-state index contributed by atoms with van der Waals surface area (Å²) in [5, 5.41) is -0.0490. The molecule has 0 bridgehead atoms. The van der Waals surface area contributed by atoms with Gasteiger partial charge in [-0.05, 0) is 25.6 Å². The van der Waals surface area contributed by atoms with Crippen LogP contribution in [0, 0.1) is 0 Å². The van der Waals surface area contributed by atoms with Crippen LogP contribution in [0.25, 0.3) is 0 Å². The van der Waals surface area contributed by atoms with Crippen molar-refractivity contribution in [3.05, 3.63) is 17.8 Å². The van der Waals surface area contributed by atoms with Gasteiger partial charge < -0.3 is 14.0 Å².